The van der Waals surface area contributed by atoms with E-state index in [2.05, 4.69) is 5.32 Å². The molecule has 0 bridgehead atoms. The molecule has 0 saturated heterocycles. The van der Waals surface area contributed by atoms with Gasteiger partial charge in [0.1, 0.15) is 5.82 Å². The van der Waals surface area contributed by atoms with Gasteiger partial charge in [0.05, 0.1) is 6.42 Å². The fourth-order valence-corrected chi connectivity index (χ4v) is 2.39. The molecule has 1 aliphatic rings. The second-order valence-corrected chi connectivity index (χ2v) is 6.03. The Morgan fingerprint density at radius 3 is 2.50 bits per heavy atom. The van der Waals surface area contributed by atoms with Gasteiger partial charge in [0.25, 0.3) is 0 Å². The van der Waals surface area contributed by atoms with Crippen molar-refractivity contribution in [2.45, 2.75) is 25.7 Å². The third-order valence-electron chi connectivity index (χ3n) is 4.07. The van der Waals surface area contributed by atoms with E-state index in [4.69, 9.17) is 5.11 Å². The molecule has 1 aromatic rings. The monoisotopic (exact) mass is 308 g/mol. The average Bonchev–Trinajstić information content (AvgIpc) is 3.25. The van der Waals surface area contributed by atoms with E-state index in [1.54, 1.807) is 19.2 Å². The van der Waals surface area contributed by atoms with Crippen molar-refractivity contribution in [1.29, 1.82) is 0 Å². The zero-order valence-corrected chi connectivity index (χ0v) is 12.6. The number of nitrogens with zero attached hydrogens (tertiary/aromatic N) is 1. The highest BCUT2D eigenvalue weighted by atomic mass is 19.1. The molecule has 0 aromatic heterocycles. The van der Waals surface area contributed by atoms with E-state index in [0.29, 0.717) is 6.54 Å². The number of carbonyl (C=O) groups is 2. The van der Waals surface area contributed by atoms with Crippen LogP contribution in [0.5, 0.6) is 0 Å². The zero-order valence-electron chi connectivity index (χ0n) is 12.6. The van der Waals surface area contributed by atoms with Gasteiger partial charge in [-0.15, -0.1) is 0 Å². The van der Waals surface area contributed by atoms with E-state index >= 15 is 0 Å². The molecule has 0 aliphatic heterocycles. The fraction of sp³-hybridized carbons (Fsp3) is 0.500. The van der Waals surface area contributed by atoms with Crippen LogP contribution in [0.3, 0.4) is 0 Å². The number of aliphatic carboxylic acids is 1. The third-order valence-corrected chi connectivity index (χ3v) is 4.07. The second-order valence-electron chi connectivity index (χ2n) is 6.03. The van der Waals surface area contributed by atoms with Crippen LogP contribution in [-0.4, -0.2) is 42.1 Å². The lowest BCUT2D eigenvalue weighted by atomic mass is 9.96. The number of rotatable bonds is 7. The van der Waals surface area contributed by atoms with E-state index in [-0.39, 0.29) is 30.2 Å². The summed E-state index contributed by atoms with van der Waals surface area (Å²) in [6, 6.07) is 6.19. The largest absolute Gasteiger partial charge is 0.481 e. The summed E-state index contributed by atoms with van der Waals surface area (Å²) in [5.74, 6) is -1.17. The summed E-state index contributed by atoms with van der Waals surface area (Å²) >= 11 is 0. The number of carbonyl (C=O) groups excluding carboxylic acids is 1. The van der Waals surface area contributed by atoms with Crippen molar-refractivity contribution in [2.75, 3.05) is 20.1 Å². The summed E-state index contributed by atoms with van der Waals surface area (Å²) < 4.78 is 12.9. The fourth-order valence-electron chi connectivity index (χ4n) is 2.39. The maximum absolute atomic E-state index is 12.9. The lowest BCUT2D eigenvalue weighted by Crippen LogP contribution is -2.41. The van der Waals surface area contributed by atoms with Crippen molar-refractivity contribution in [1.82, 2.24) is 10.2 Å². The van der Waals surface area contributed by atoms with Gasteiger partial charge in [-0.3, -0.25) is 4.79 Å². The first-order valence-electron chi connectivity index (χ1n) is 7.35. The number of hydrogen-bond acceptors (Lipinski definition) is 2. The van der Waals surface area contributed by atoms with Gasteiger partial charge in [-0.2, -0.15) is 0 Å². The van der Waals surface area contributed by atoms with Gasteiger partial charge < -0.3 is 15.3 Å². The highest BCUT2D eigenvalue weighted by Gasteiger charge is 2.42. The van der Waals surface area contributed by atoms with Crippen LogP contribution in [0, 0.1) is 11.2 Å². The summed E-state index contributed by atoms with van der Waals surface area (Å²) in [4.78, 5) is 23.8. The predicted molar refractivity (Wildman–Crippen MR) is 80.1 cm³/mol. The molecule has 2 rings (SSSR count). The Hall–Kier alpha value is -2.11. The molecule has 2 N–H and O–H groups in total. The van der Waals surface area contributed by atoms with Gasteiger partial charge in [-0.25, -0.2) is 9.18 Å². The van der Waals surface area contributed by atoms with E-state index in [1.165, 1.54) is 17.0 Å². The number of halogens is 1. The topological polar surface area (TPSA) is 69.6 Å². The minimum absolute atomic E-state index is 0.0567. The van der Waals surface area contributed by atoms with Crippen LogP contribution in [0.2, 0.25) is 0 Å². The van der Waals surface area contributed by atoms with Crippen LogP contribution >= 0.6 is 0 Å². The van der Waals surface area contributed by atoms with E-state index in [0.717, 1.165) is 24.8 Å². The molecule has 0 unspecified atom stereocenters. The first-order chi connectivity index (χ1) is 10.4. The average molecular weight is 308 g/mol. The molecular weight excluding hydrogens is 287 g/mol. The molecule has 120 valence electrons. The molecular formula is C16H21FN2O3. The molecule has 1 aromatic carbocycles. The van der Waals surface area contributed by atoms with Gasteiger partial charge in [0.2, 0.25) is 0 Å². The number of nitrogens with one attached hydrogen (secondary N) is 1. The van der Waals surface area contributed by atoms with Crippen LogP contribution in [-0.2, 0) is 11.2 Å². The minimum atomic E-state index is -0.922. The normalized spacial score (nSPS) is 15.2. The number of urea groups is 1. The summed E-state index contributed by atoms with van der Waals surface area (Å²) in [6.07, 6.45) is 2.81. The minimum Gasteiger partial charge on any atom is -0.481 e. The van der Waals surface area contributed by atoms with Gasteiger partial charge in [-0.1, -0.05) is 12.1 Å². The second kappa shape index (κ2) is 6.77. The highest BCUT2D eigenvalue weighted by molar-refractivity contribution is 5.75. The van der Waals surface area contributed by atoms with E-state index in [1.807, 2.05) is 0 Å². The third kappa shape index (κ3) is 4.72. The maximum Gasteiger partial charge on any atom is 0.317 e. The van der Waals surface area contributed by atoms with Crippen LogP contribution in [0.25, 0.3) is 0 Å². The SMILES string of the molecule is CN(CCC(=O)O)C(=O)NCC1(Cc2ccc(F)cc2)CC1. The summed E-state index contributed by atoms with van der Waals surface area (Å²) in [7, 11) is 1.58. The molecule has 1 aliphatic carbocycles. The van der Waals surface area contributed by atoms with Crippen molar-refractivity contribution in [3.8, 4) is 0 Å². The van der Waals surface area contributed by atoms with Crippen LogP contribution in [0.4, 0.5) is 9.18 Å². The molecule has 1 fully saturated rings. The summed E-state index contributed by atoms with van der Waals surface area (Å²) in [6.45, 7) is 0.743. The summed E-state index contributed by atoms with van der Waals surface area (Å²) in [5.41, 5.74) is 1.12. The van der Waals surface area contributed by atoms with Gasteiger partial charge >= 0.3 is 12.0 Å². The van der Waals surface area contributed by atoms with Gasteiger partial charge in [0, 0.05) is 20.1 Å². The lowest BCUT2D eigenvalue weighted by Gasteiger charge is -2.21. The van der Waals surface area contributed by atoms with E-state index in [9.17, 15) is 14.0 Å². The zero-order chi connectivity index (χ0) is 16.2. The molecule has 0 spiro atoms. The Labute approximate surface area is 129 Å². The molecule has 0 heterocycles. The number of carboxylic acid groups (broad SMARTS) is 1. The number of benzene rings is 1. The Morgan fingerprint density at radius 1 is 1.32 bits per heavy atom. The highest BCUT2D eigenvalue weighted by Crippen LogP contribution is 2.47. The lowest BCUT2D eigenvalue weighted by molar-refractivity contribution is -0.137. The molecule has 6 heteroatoms. The van der Waals surface area contributed by atoms with Crippen LogP contribution in [0.15, 0.2) is 24.3 Å². The van der Waals surface area contributed by atoms with Crippen LogP contribution in [0.1, 0.15) is 24.8 Å². The molecule has 5 nitrogen and oxygen atoms in total. The van der Waals surface area contributed by atoms with Crippen molar-refractivity contribution in [2.24, 2.45) is 5.41 Å². The molecule has 2 amide bonds. The molecule has 1 saturated carbocycles. The standard InChI is InChI=1S/C16H21FN2O3/c1-19(9-6-14(20)21)15(22)18-11-16(7-8-16)10-12-2-4-13(17)5-3-12/h2-5H,6-11H2,1H3,(H,18,22)(H,20,21). The summed E-state index contributed by atoms with van der Waals surface area (Å²) in [5, 5.41) is 11.5. The molecule has 0 radical (unpaired) electrons. The Kier molecular flexibility index (Phi) is 5.00. The van der Waals surface area contributed by atoms with Gasteiger partial charge in [-0.05, 0) is 42.4 Å². The Balaban J connectivity index is 1.79. The van der Waals surface area contributed by atoms with E-state index < -0.39 is 5.97 Å². The predicted octanol–water partition coefficient (Wildman–Crippen LogP) is 2.26. The van der Waals surface area contributed by atoms with Crippen molar-refractivity contribution >= 4 is 12.0 Å². The Bertz CT molecular complexity index is 541. The number of carboxylic acids is 1. The molecule has 0 atom stereocenters. The first-order valence-corrected chi connectivity index (χ1v) is 7.35. The van der Waals surface area contributed by atoms with Gasteiger partial charge in [0.15, 0.2) is 0 Å². The molecule has 22 heavy (non-hydrogen) atoms. The van der Waals surface area contributed by atoms with Crippen molar-refractivity contribution in [3.05, 3.63) is 35.6 Å². The Morgan fingerprint density at radius 2 is 1.95 bits per heavy atom. The maximum atomic E-state index is 12.9. The number of amides is 2. The smallest absolute Gasteiger partial charge is 0.317 e. The van der Waals surface area contributed by atoms with Crippen LogP contribution < -0.4 is 5.32 Å². The van der Waals surface area contributed by atoms with Crippen molar-refractivity contribution < 1.29 is 19.1 Å². The first kappa shape index (κ1) is 16.3. The number of hydrogen-bond donors (Lipinski definition) is 2. The van der Waals surface area contributed by atoms with Crippen molar-refractivity contribution in [3.63, 3.8) is 0 Å². The quantitative estimate of drug-likeness (QED) is 0.812.